The number of hydrogen-bond donors (Lipinski definition) is 3. The summed E-state index contributed by atoms with van der Waals surface area (Å²) in [7, 11) is 1.54. The van der Waals surface area contributed by atoms with Gasteiger partial charge in [0.05, 0.1) is 11.6 Å². The summed E-state index contributed by atoms with van der Waals surface area (Å²) in [4.78, 5) is 25.1. The number of aromatic nitrogens is 2. The summed E-state index contributed by atoms with van der Waals surface area (Å²) in [5.41, 5.74) is 0.906. The van der Waals surface area contributed by atoms with Crippen LogP contribution in [0.3, 0.4) is 0 Å². The second-order valence-electron chi connectivity index (χ2n) is 7.77. The molecule has 2 aromatic rings. The number of amides is 2. The summed E-state index contributed by atoms with van der Waals surface area (Å²) >= 11 is 0. The highest BCUT2D eigenvalue weighted by atomic mass is 16.3. The van der Waals surface area contributed by atoms with Gasteiger partial charge in [0.25, 0.3) is 11.8 Å². The summed E-state index contributed by atoms with van der Waals surface area (Å²) in [6.07, 6.45) is 2.76. The molecule has 0 aliphatic heterocycles. The fourth-order valence-corrected chi connectivity index (χ4v) is 3.61. The monoisotopic (exact) mass is 384 g/mol. The molecule has 1 heterocycles. The average molecular weight is 384 g/mol. The van der Waals surface area contributed by atoms with E-state index in [0.29, 0.717) is 18.5 Å². The van der Waals surface area contributed by atoms with Gasteiger partial charge in [-0.25, -0.2) is 0 Å². The lowest BCUT2D eigenvalue weighted by molar-refractivity contribution is 0.0140. The topological polar surface area (TPSA) is 96.3 Å². The van der Waals surface area contributed by atoms with Crippen molar-refractivity contribution in [3.05, 3.63) is 53.3 Å². The van der Waals surface area contributed by atoms with E-state index in [0.717, 1.165) is 18.4 Å². The molecule has 1 atom stereocenters. The van der Waals surface area contributed by atoms with Crippen molar-refractivity contribution in [2.75, 3.05) is 7.05 Å². The number of benzene rings is 1. The van der Waals surface area contributed by atoms with Gasteiger partial charge in [-0.15, -0.1) is 0 Å². The number of hydrogen-bond acceptors (Lipinski definition) is 4. The Labute approximate surface area is 165 Å². The minimum atomic E-state index is -0.656. The quantitative estimate of drug-likeness (QED) is 0.737. The maximum Gasteiger partial charge on any atom is 0.271 e. The molecule has 3 N–H and O–H groups in total. The second kappa shape index (κ2) is 8.14. The predicted molar refractivity (Wildman–Crippen MR) is 106 cm³/mol. The van der Waals surface area contributed by atoms with Crippen molar-refractivity contribution in [2.45, 2.75) is 57.2 Å². The Bertz CT molecular complexity index is 835. The molecule has 0 spiro atoms. The van der Waals surface area contributed by atoms with Gasteiger partial charge in [-0.05, 0) is 45.1 Å². The van der Waals surface area contributed by atoms with Crippen LogP contribution in [0.1, 0.15) is 72.1 Å². The number of carbonyl (C=O) groups excluding carboxylic acids is 2. The summed E-state index contributed by atoms with van der Waals surface area (Å²) in [6, 6.07) is 11.1. The number of carbonyl (C=O) groups is 2. The molecule has 1 aliphatic rings. The van der Waals surface area contributed by atoms with Crippen molar-refractivity contribution in [2.24, 2.45) is 0 Å². The molecule has 1 fully saturated rings. The Morgan fingerprint density at radius 3 is 2.46 bits per heavy atom. The largest absolute Gasteiger partial charge is 0.390 e. The van der Waals surface area contributed by atoms with E-state index in [1.807, 2.05) is 44.2 Å². The van der Waals surface area contributed by atoms with Crippen molar-refractivity contribution in [3.63, 3.8) is 0 Å². The third-order valence-electron chi connectivity index (χ3n) is 5.47. The van der Waals surface area contributed by atoms with Crippen molar-refractivity contribution >= 4 is 11.8 Å². The van der Waals surface area contributed by atoms with Gasteiger partial charge < -0.3 is 15.7 Å². The fourth-order valence-electron chi connectivity index (χ4n) is 3.61. The number of nitrogens with one attached hydrogen (secondary N) is 2. The smallest absolute Gasteiger partial charge is 0.271 e. The Balaban J connectivity index is 1.85. The van der Waals surface area contributed by atoms with E-state index >= 15 is 0 Å². The third kappa shape index (κ3) is 4.42. The molecule has 0 radical (unpaired) electrons. The van der Waals surface area contributed by atoms with Crippen LogP contribution >= 0.6 is 0 Å². The predicted octanol–water partition coefficient (Wildman–Crippen LogP) is 2.28. The Hall–Kier alpha value is -2.67. The van der Waals surface area contributed by atoms with Crippen LogP contribution in [0, 0.1) is 0 Å². The molecular weight excluding hydrogens is 356 g/mol. The minimum absolute atomic E-state index is 0.00607. The van der Waals surface area contributed by atoms with Crippen LogP contribution in [0.5, 0.6) is 0 Å². The zero-order valence-corrected chi connectivity index (χ0v) is 16.6. The SMILES string of the molecule is CNC(=O)c1cc(C(=O)N[C@H]2CC[C@@](C)(O)CC2)n([C@@H](C)c2ccccc2)n1. The zero-order valence-electron chi connectivity index (χ0n) is 16.6. The van der Waals surface area contributed by atoms with E-state index in [1.165, 1.54) is 13.1 Å². The Morgan fingerprint density at radius 1 is 1.21 bits per heavy atom. The van der Waals surface area contributed by atoms with Crippen molar-refractivity contribution in [1.29, 1.82) is 0 Å². The van der Waals surface area contributed by atoms with E-state index in [1.54, 1.807) is 4.68 Å². The molecule has 150 valence electrons. The number of aliphatic hydroxyl groups is 1. The van der Waals surface area contributed by atoms with E-state index in [4.69, 9.17) is 0 Å². The van der Waals surface area contributed by atoms with Gasteiger partial charge in [-0.2, -0.15) is 5.10 Å². The van der Waals surface area contributed by atoms with E-state index in [9.17, 15) is 14.7 Å². The Morgan fingerprint density at radius 2 is 1.86 bits per heavy atom. The third-order valence-corrected chi connectivity index (χ3v) is 5.47. The van der Waals surface area contributed by atoms with Crippen molar-refractivity contribution < 1.29 is 14.7 Å². The van der Waals surface area contributed by atoms with Gasteiger partial charge in [-0.3, -0.25) is 14.3 Å². The Kier molecular flexibility index (Phi) is 5.84. The molecule has 3 rings (SSSR count). The maximum atomic E-state index is 13.0. The molecule has 0 unspecified atom stereocenters. The summed E-state index contributed by atoms with van der Waals surface area (Å²) < 4.78 is 1.61. The first-order valence-electron chi connectivity index (χ1n) is 9.70. The van der Waals surface area contributed by atoms with Crippen LogP contribution in [-0.4, -0.2) is 45.4 Å². The fraction of sp³-hybridized carbons (Fsp3) is 0.476. The average Bonchev–Trinajstić information content (AvgIpc) is 3.14. The highest BCUT2D eigenvalue weighted by molar-refractivity contribution is 5.98. The first-order valence-corrected chi connectivity index (χ1v) is 9.70. The molecule has 1 aromatic heterocycles. The standard InChI is InChI=1S/C21H28N4O3/c1-14(15-7-5-4-6-8-15)25-18(13-17(24-25)19(26)22-3)20(27)23-16-9-11-21(2,28)12-10-16/h4-8,13-14,16,28H,9-12H2,1-3H3,(H,22,26)(H,23,27)/t14-,16-,21+/m0/s1. The molecule has 7 nitrogen and oxygen atoms in total. The summed E-state index contributed by atoms with van der Waals surface area (Å²) in [5, 5.41) is 20.1. The van der Waals surface area contributed by atoms with Crippen LogP contribution in [-0.2, 0) is 0 Å². The lowest BCUT2D eigenvalue weighted by Crippen LogP contribution is -2.42. The van der Waals surface area contributed by atoms with Crippen LogP contribution in [0.15, 0.2) is 36.4 Å². The zero-order chi connectivity index (χ0) is 20.3. The first-order chi connectivity index (χ1) is 13.3. The normalized spacial score (nSPS) is 23.1. The second-order valence-corrected chi connectivity index (χ2v) is 7.77. The first kappa shape index (κ1) is 20.1. The maximum absolute atomic E-state index is 13.0. The van der Waals surface area contributed by atoms with Crippen molar-refractivity contribution in [1.82, 2.24) is 20.4 Å². The number of nitrogens with zero attached hydrogens (tertiary/aromatic N) is 2. The molecular formula is C21H28N4O3. The molecule has 0 bridgehead atoms. The van der Waals surface area contributed by atoms with Crippen LogP contribution in [0.4, 0.5) is 0 Å². The van der Waals surface area contributed by atoms with Crippen LogP contribution < -0.4 is 10.6 Å². The van der Waals surface area contributed by atoms with E-state index in [2.05, 4.69) is 15.7 Å². The van der Waals surface area contributed by atoms with Gasteiger partial charge in [0.1, 0.15) is 5.69 Å². The summed E-state index contributed by atoms with van der Waals surface area (Å²) in [5.74, 6) is -0.584. The van der Waals surface area contributed by atoms with Gasteiger partial charge >= 0.3 is 0 Å². The lowest BCUT2D eigenvalue weighted by atomic mass is 9.83. The number of rotatable bonds is 5. The molecule has 7 heteroatoms. The van der Waals surface area contributed by atoms with Crippen LogP contribution in [0.2, 0.25) is 0 Å². The van der Waals surface area contributed by atoms with Gasteiger partial charge in [-0.1, -0.05) is 30.3 Å². The van der Waals surface area contributed by atoms with E-state index in [-0.39, 0.29) is 29.6 Å². The van der Waals surface area contributed by atoms with Crippen molar-refractivity contribution in [3.8, 4) is 0 Å². The molecule has 1 aliphatic carbocycles. The van der Waals surface area contributed by atoms with Gasteiger partial charge in [0.15, 0.2) is 5.69 Å². The van der Waals surface area contributed by atoms with Gasteiger partial charge in [0, 0.05) is 19.2 Å². The minimum Gasteiger partial charge on any atom is -0.390 e. The molecule has 28 heavy (non-hydrogen) atoms. The molecule has 2 amide bonds. The van der Waals surface area contributed by atoms with E-state index < -0.39 is 5.60 Å². The van der Waals surface area contributed by atoms with Gasteiger partial charge in [0.2, 0.25) is 0 Å². The molecule has 0 saturated heterocycles. The highest BCUT2D eigenvalue weighted by Gasteiger charge is 2.30. The molecule has 1 saturated carbocycles. The van der Waals surface area contributed by atoms with Crippen LogP contribution in [0.25, 0.3) is 0 Å². The molecule has 1 aromatic carbocycles. The summed E-state index contributed by atoms with van der Waals surface area (Å²) in [6.45, 7) is 3.78. The highest BCUT2D eigenvalue weighted by Crippen LogP contribution is 2.28. The lowest BCUT2D eigenvalue weighted by Gasteiger charge is -2.33.